The van der Waals surface area contributed by atoms with E-state index in [1.54, 1.807) is 18.5 Å². The number of nitrogens with zero attached hydrogens (tertiary/aromatic N) is 2. The highest BCUT2D eigenvalue weighted by Gasteiger charge is 2.13. The normalized spacial score (nSPS) is 12.0. The van der Waals surface area contributed by atoms with Crippen molar-refractivity contribution < 1.29 is 0 Å². The molecule has 3 N–H and O–H groups in total. The Morgan fingerprint density at radius 1 is 1.23 bits per heavy atom. The van der Waals surface area contributed by atoms with Crippen LogP contribution in [-0.2, 0) is 0 Å². The third-order valence-corrected chi connectivity index (χ3v) is 5.11. The predicted octanol–water partition coefficient (Wildman–Crippen LogP) is 6.05. The van der Waals surface area contributed by atoms with Crippen LogP contribution in [0.25, 0.3) is 22.2 Å². The zero-order valence-electron chi connectivity index (χ0n) is 18.4. The molecule has 0 radical (unpaired) electrons. The van der Waals surface area contributed by atoms with Crippen LogP contribution in [0, 0.1) is 0 Å². The monoisotopic (exact) mass is 411 g/mol. The molecule has 3 rings (SSSR count). The molecule has 0 aliphatic heterocycles. The Bertz CT molecular complexity index is 1160. The van der Waals surface area contributed by atoms with Crippen LogP contribution < -0.4 is 10.6 Å². The molecule has 0 saturated heterocycles. The van der Waals surface area contributed by atoms with Gasteiger partial charge in [0.1, 0.15) is 5.82 Å². The highest BCUT2D eigenvalue weighted by Crippen LogP contribution is 2.31. The lowest BCUT2D eigenvalue weighted by atomic mass is 9.96. The summed E-state index contributed by atoms with van der Waals surface area (Å²) in [5.74, 6) is 0.724. The molecule has 5 heteroatoms. The molecule has 0 amide bonds. The summed E-state index contributed by atoms with van der Waals surface area (Å²) < 4.78 is 0. The summed E-state index contributed by atoms with van der Waals surface area (Å²) in [6.45, 7) is 16.4. The number of aromatic amines is 1. The van der Waals surface area contributed by atoms with Crippen LogP contribution in [0.3, 0.4) is 0 Å². The maximum Gasteiger partial charge on any atom is 0.138 e. The van der Waals surface area contributed by atoms with Gasteiger partial charge in [0.15, 0.2) is 0 Å². The molecule has 158 valence electrons. The molecule has 0 unspecified atom stereocenters. The molecule has 0 saturated carbocycles. The Kier molecular flexibility index (Phi) is 6.88. The van der Waals surface area contributed by atoms with Crippen LogP contribution in [0.4, 0.5) is 5.69 Å². The first-order chi connectivity index (χ1) is 15.0. The maximum absolute atomic E-state index is 4.68. The zero-order valence-corrected chi connectivity index (χ0v) is 18.4. The number of hydrogen-bond acceptors (Lipinski definition) is 4. The highest BCUT2D eigenvalue weighted by atomic mass is 14.9. The number of fused-ring (bicyclic) bond motifs is 1. The van der Waals surface area contributed by atoms with Gasteiger partial charge < -0.3 is 15.6 Å². The van der Waals surface area contributed by atoms with Crippen LogP contribution in [0.5, 0.6) is 0 Å². The lowest BCUT2D eigenvalue weighted by Gasteiger charge is -2.14. The van der Waals surface area contributed by atoms with Crippen molar-refractivity contribution in [3.63, 3.8) is 0 Å². The van der Waals surface area contributed by atoms with Gasteiger partial charge in [-0.25, -0.2) is 4.98 Å². The van der Waals surface area contributed by atoms with Gasteiger partial charge in [-0.05, 0) is 54.8 Å². The van der Waals surface area contributed by atoms with E-state index in [1.807, 2.05) is 20.0 Å². The number of aromatic nitrogens is 3. The van der Waals surface area contributed by atoms with Crippen LogP contribution in [-0.4, -0.2) is 22.0 Å². The molecule has 0 bridgehead atoms. The SMILES string of the molecule is C=C/C(=C\C(=C/C)c1ccc(NC)c(C(=C)c2nc3ccncc3[nH]2)c1)NC(=C)CC. The molecule has 0 aliphatic carbocycles. The summed E-state index contributed by atoms with van der Waals surface area (Å²) in [5.41, 5.74) is 8.50. The third kappa shape index (κ3) is 4.83. The molecular weight excluding hydrogens is 382 g/mol. The van der Waals surface area contributed by atoms with Crippen LogP contribution in [0.2, 0.25) is 0 Å². The Morgan fingerprint density at radius 2 is 2.03 bits per heavy atom. The molecule has 0 atom stereocenters. The predicted molar refractivity (Wildman–Crippen MR) is 133 cm³/mol. The van der Waals surface area contributed by atoms with E-state index in [0.29, 0.717) is 0 Å². The molecule has 3 aromatic rings. The molecule has 2 heterocycles. The first-order valence-electron chi connectivity index (χ1n) is 10.3. The first kappa shape index (κ1) is 21.8. The smallest absolute Gasteiger partial charge is 0.138 e. The van der Waals surface area contributed by atoms with E-state index in [9.17, 15) is 0 Å². The summed E-state index contributed by atoms with van der Waals surface area (Å²) in [7, 11) is 1.90. The molecule has 5 nitrogen and oxygen atoms in total. The van der Waals surface area contributed by atoms with Gasteiger partial charge in [-0.1, -0.05) is 38.8 Å². The number of nitrogens with one attached hydrogen (secondary N) is 3. The number of pyridine rings is 1. The summed E-state index contributed by atoms with van der Waals surface area (Å²) in [4.78, 5) is 12.2. The van der Waals surface area contributed by atoms with Crippen molar-refractivity contribution in [3.05, 3.63) is 103 Å². The van der Waals surface area contributed by atoms with Crippen LogP contribution >= 0.6 is 0 Å². The van der Waals surface area contributed by atoms with Crippen molar-refractivity contribution in [1.29, 1.82) is 0 Å². The third-order valence-electron chi connectivity index (χ3n) is 5.11. The van der Waals surface area contributed by atoms with Crippen molar-refractivity contribution in [2.45, 2.75) is 20.3 Å². The van der Waals surface area contributed by atoms with E-state index in [1.165, 1.54) is 0 Å². The second kappa shape index (κ2) is 9.76. The van der Waals surface area contributed by atoms with Gasteiger partial charge in [0.25, 0.3) is 0 Å². The minimum Gasteiger partial charge on any atom is -0.388 e. The van der Waals surface area contributed by atoms with Gasteiger partial charge in [0, 0.05) is 41.5 Å². The van der Waals surface area contributed by atoms with E-state index >= 15 is 0 Å². The fourth-order valence-corrected chi connectivity index (χ4v) is 3.26. The van der Waals surface area contributed by atoms with Gasteiger partial charge in [-0.15, -0.1) is 0 Å². The first-order valence-corrected chi connectivity index (χ1v) is 10.3. The molecule has 0 aliphatic rings. The highest BCUT2D eigenvalue weighted by molar-refractivity contribution is 5.88. The van der Waals surface area contributed by atoms with E-state index in [2.05, 4.69) is 82.6 Å². The number of imidazole rings is 1. The second-order valence-corrected chi connectivity index (χ2v) is 7.10. The number of hydrogen-bond donors (Lipinski definition) is 3. The Hall–Kier alpha value is -3.86. The maximum atomic E-state index is 4.68. The summed E-state index contributed by atoms with van der Waals surface area (Å²) >= 11 is 0. The van der Waals surface area contributed by atoms with Crippen molar-refractivity contribution in [3.8, 4) is 0 Å². The fourth-order valence-electron chi connectivity index (χ4n) is 3.26. The van der Waals surface area contributed by atoms with Crippen LogP contribution in [0.15, 0.2) is 86.0 Å². The quantitative estimate of drug-likeness (QED) is 0.375. The Labute approximate surface area is 184 Å². The topological polar surface area (TPSA) is 65.6 Å². The largest absolute Gasteiger partial charge is 0.388 e. The second-order valence-electron chi connectivity index (χ2n) is 7.10. The molecule has 31 heavy (non-hydrogen) atoms. The van der Waals surface area contributed by atoms with Gasteiger partial charge in [-0.2, -0.15) is 0 Å². The van der Waals surface area contributed by atoms with Crippen molar-refractivity contribution in [2.75, 3.05) is 12.4 Å². The number of rotatable bonds is 9. The molecule has 1 aromatic carbocycles. The van der Waals surface area contributed by atoms with Gasteiger partial charge in [0.2, 0.25) is 0 Å². The zero-order chi connectivity index (χ0) is 22.4. The molecular formula is C26H29N5. The van der Waals surface area contributed by atoms with E-state index in [4.69, 9.17) is 0 Å². The Morgan fingerprint density at radius 3 is 2.68 bits per heavy atom. The standard InChI is InChI=1S/C26H29N5/c1-7-17(4)29-21(9-3)14-19(8-2)20-10-11-23(27-6)22(15-20)18(5)26-30-24-12-13-28-16-25(24)31-26/h8-16,27,29H,3-5,7H2,1-2,6H3,(H,30,31)/b19-8+,21-14+. The van der Waals surface area contributed by atoms with Gasteiger partial charge in [0.05, 0.1) is 17.2 Å². The molecule has 2 aromatic heterocycles. The Balaban J connectivity index is 2.01. The summed E-state index contributed by atoms with van der Waals surface area (Å²) in [6.07, 6.45) is 10.3. The lowest BCUT2D eigenvalue weighted by molar-refractivity contribution is 0.921. The van der Waals surface area contributed by atoms with E-state index < -0.39 is 0 Å². The fraction of sp³-hybridized carbons (Fsp3) is 0.154. The minimum absolute atomic E-state index is 0.724. The lowest BCUT2D eigenvalue weighted by Crippen LogP contribution is -2.09. The van der Waals surface area contributed by atoms with Gasteiger partial charge >= 0.3 is 0 Å². The van der Waals surface area contributed by atoms with Crippen LogP contribution in [0.1, 0.15) is 37.2 Å². The number of anilines is 1. The summed E-state index contributed by atoms with van der Waals surface area (Å²) in [6, 6.07) is 8.16. The van der Waals surface area contributed by atoms with Crippen molar-refractivity contribution >= 4 is 27.9 Å². The number of benzene rings is 1. The molecule has 0 spiro atoms. The average Bonchev–Trinajstić information content (AvgIpc) is 3.25. The summed E-state index contributed by atoms with van der Waals surface area (Å²) in [5, 5.41) is 6.57. The minimum atomic E-state index is 0.724. The van der Waals surface area contributed by atoms with Gasteiger partial charge in [-0.3, -0.25) is 4.98 Å². The number of H-pyrrole nitrogens is 1. The van der Waals surface area contributed by atoms with E-state index in [-0.39, 0.29) is 0 Å². The van der Waals surface area contributed by atoms with E-state index in [0.717, 1.165) is 62.6 Å². The number of allylic oxidation sites excluding steroid dienone is 5. The van der Waals surface area contributed by atoms with Crippen molar-refractivity contribution in [2.24, 2.45) is 0 Å². The average molecular weight is 412 g/mol. The molecule has 0 fully saturated rings. The van der Waals surface area contributed by atoms with Crippen molar-refractivity contribution in [1.82, 2.24) is 20.3 Å².